The Morgan fingerprint density at radius 2 is 2.04 bits per heavy atom. The van der Waals surface area contributed by atoms with Crippen molar-refractivity contribution < 1.29 is 4.79 Å². The Kier molecular flexibility index (Phi) is 5.88. The number of aromatic amines is 1. The predicted octanol–water partition coefficient (Wildman–Crippen LogP) is 2.30. The first-order valence-corrected chi connectivity index (χ1v) is 9.10. The Bertz CT molecular complexity index is 1040. The van der Waals surface area contributed by atoms with E-state index in [-0.39, 0.29) is 11.6 Å². The number of aromatic nitrogens is 4. The van der Waals surface area contributed by atoms with E-state index >= 15 is 0 Å². The number of nitrogens with one attached hydrogen (secondary N) is 3. The zero-order valence-electron chi connectivity index (χ0n) is 16.2. The molecule has 2 heterocycles. The Morgan fingerprint density at radius 3 is 2.79 bits per heavy atom. The number of benzene rings is 1. The van der Waals surface area contributed by atoms with Crippen molar-refractivity contribution in [2.45, 2.75) is 33.7 Å². The van der Waals surface area contributed by atoms with Crippen LogP contribution in [-0.4, -0.2) is 32.3 Å². The quantitative estimate of drug-likeness (QED) is 0.610. The van der Waals surface area contributed by atoms with Crippen LogP contribution in [0.3, 0.4) is 0 Å². The molecule has 3 aromatic rings. The van der Waals surface area contributed by atoms with E-state index in [1.54, 1.807) is 17.8 Å². The number of amides is 2. The molecule has 146 valence electrons. The van der Waals surface area contributed by atoms with Gasteiger partial charge in [-0.25, -0.2) is 14.5 Å². The van der Waals surface area contributed by atoms with Gasteiger partial charge in [-0.1, -0.05) is 29.8 Å². The summed E-state index contributed by atoms with van der Waals surface area (Å²) < 4.78 is 1.77. The normalized spacial score (nSPS) is 10.7. The Morgan fingerprint density at radius 1 is 1.21 bits per heavy atom. The number of H-pyrrole nitrogens is 1. The van der Waals surface area contributed by atoms with E-state index in [4.69, 9.17) is 0 Å². The van der Waals surface area contributed by atoms with Crippen LogP contribution in [0.2, 0.25) is 0 Å². The first-order chi connectivity index (χ1) is 13.4. The van der Waals surface area contributed by atoms with Crippen LogP contribution < -0.4 is 16.2 Å². The van der Waals surface area contributed by atoms with Gasteiger partial charge < -0.3 is 10.3 Å². The number of nitrogens with zero attached hydrogens (tertiary/aromatic N) is 3. The maximum Gasteiger partial charge on any atom is 0.320 e. The number of urea groups is 1. The highest BCUT2D eigenvalue weighted by Gasteiger charge is 2.11. The minimum atomic E-state index is -0.323. The average molecular weight is 380 g/mol. The van der Waals surface area contributed by atoms with Crippen molar-refractivity contribution in [2.24, 2.45) is 0 Å². The Hall–Kier alpha value is -3.42. The van der Waals surface area contributed by atoms with Gasteiger partial charge in [0.2, 0.25) is 0 Å². The van der Waals surface area contributed by atoms with Crippen molar-refractivity contribution in [2.75, 3.05) is 11.9 Å². The summed E-state index contributed by atoms with van der Waals surface area (Å²) in [6, 6.07) is 9.29. The van der Waals surface area contributed by atoms with Crippen LogP contribution in [-0.2, 0) is 13.0 Å². The van der Waals surface area contributed by atoms with Crippen molar-refractivity contribution in [3.63, 3.8) is 0 Å². The molecule has 3 rings (SSSR count). The van der Waals surface area contributed by atoms with Crippen LogP contribution in [0.25, 0.3) is 0 Å². The molecule has 2 amide bonds. The minimum Gasteiger partial charge on any atom is -0.337 e. The molecule has 0 aliphatic rings. The van der Waals surface area contributed by atoms with Crippen LogP contribution in [0.4, 0.5) is 10.6 Å². The molecule has 3 N–H and O–H groups in total. The van der Waals surface area contributed by atoms with E-state index in [1.807, 2.05) is 32.0 Å². The van der Waals surface area contributed by atoms with Crippen LogP contribution in [0.5, 0.6) is 0 Å². The zero-order valence-corrected chi connectivity index (χ0v) is 16.2. The topological polar surface area (TPSA) is 105 Å². The summed E-state index contributed by atoms with van der Waals surface area (Å²) >= 11 is 0. The van der Waals surface area contributed by atoms with Gasteiger partial charge in [-0.05, 0) is 26.3 Å². The van der Waals surface area contributed by atoms with Gasteiger partial charge in [-0.3, -0.25) is 10.1 Å². The van der Waals surface area contributed by atoms with Crippen molar-refractivity contribution in [3.05, 3.63) is 75.1 Å². The molecule has 0 aliphatic heterocycles. The molecule has 0 fully saturated rings. The molecule has 0 saturated carbocycles. The summed E-state index contributed by atoms with van der Waals surface area (Å²) in [5.41, 5.74) is 3.62. The van der Waals surface area contributed by atoms with E-state index < -0.39 is 0 Å². The minimum absolute atomic E-state index is 0.192. The molecule has 0 aliphatic carbocycles. The van der Waals surface area contributed by atoms with E-state index in [0.717, 1.165) is 11.1 Å². The van der Waals surface area contributed by atoms with Gasteiger partial charge in [0.15, 0.2) is 0 Å². The molecule has 0 spiro atoms. The van der Waals surface area contributed by atoms with Gasteiger partial charge in [-0.2, -0.15) is 5.10 Å². The Labute approximate surface area is 163 Å². The Balaban J connectivity index is 1.59. The number of hydrogen-bond acceptors (Lipinski definition) is 4. The van der Waals surface area contributed by atoms with Crippen molar-refractivity contribution >= 4 is 11.8 Å². The third kappa shape index (κ3) is 5.06. The van der Waals surface area contributed by atoms with E-state index in [2.05, 4.69) is 31.8 Å². The fourth-order valence-electron chi connectivity index (χ4n) is 2.97. The molecule has 28 heavy (non-hydrogen) atoms. The summed E-state index contributed by atoms with van der Waals surface area (Å²) in [4.78, 5) is 30.6. The van der Waals surface area contributed by atoms with Gasteiger partial charge in [0, 0.05) is 30.3 Å². The zero-order chi connectivity index (χ0) is 20.1. The van der Waals surface area contributed by atoms with Gasteiger partial charge >= 0.3 is 6.03 Å². The van der Waals surface area contributed by atoms with Crippen LogP contribution in [0.15, 0.2) is 41.3 Å². The maximum absolute atomic E-state index is 12.3. The summed E-state index contributed by atoms with van der Waals surface area (Å²) in [6.45, 7) is 6.61. The number of carbonyl (C=O) groups excluding carboxylic acids is 1. The second-order valence-electron chi connectivity index (χ2n) is 6.78. The largest absolute Gasteiger partial charge is 0.337 e. The third-order valence-electron chi connectivity index (χ3n) is 4.25. The molecular weight excluding hydrogens is 356 g/mol. The van der Waals surface area contributed by atoms with Crippen molar-refractivity contribution in [1.29, 1.82) is 0 Å². The van der Waals surface area contributed by atoms with Crippen LogP contribution in [0, 0.1) is 20.8 Å². The van der Waals surface area contributed by atoms with Gasteiger partial charge in [-0.15, -0.1) is 0 Å². The summed E-state index contributed by atoms with van der Waals surface area (Å²) in [5, 5.41) is 10.0. The second-order valence-corrected chi connectivity index (χ2v) is 6.78. The predicted molar refractivity (Wildman–Crippen MR) is 108 cm³/mol. The molecule has 8 heteroatoms. The van der Waals surface area contributed by atoms with Crippen molar-refractivity contribution in [1.82, 2.24) is 25.1 Å². The molecule has 2 aromatic heterocycles. The van der Waals surface area contributed by atoms with E-state index in [9.17, 15) is 9.59 Å². The first-order valence-electron chi connectivity index (χ1n) is 9.10. The van der Waals surface area contributed by atoms with Crippen LogP contribution >= 0.6 is 0 Å². The molecule has 0 bridgehead atoms. The lowest BCUT2D eigenvalue weighted by atomic mass is 10.1. The average Bonchev–Trinajstić information content (AvgIpc) is 2.94. The first kappa shape index (κ1) is 19.3. The smallest absolute Gasteiger partial charge is 0.320 e. The van der Waals surface area contributed by atoms with E-state index in [0.29, 0.717) is 36.8 Å². The molecule has 8 nitrogen and oxygen atoms in total. The number of hydrogen-bond donors (Lipinski definition) is 3. The lowest BCUT2D eigenvalue weighted by Crippen LogP contribution is -2.32. The highest BCUT2D eigenvalue weighted by molar-refractivity contribution is 5.89. The molecule has 0 saturated heterocycles. The number of anilines is 1. The maximum atomic E-state index is 12.3. The van der Waals surface area contributed by atoms with Crippen LogP contribution in [0.1, 0.15) is 28.2 Å². The number of aryl methyl sites for hydroxylation is 3. The van der Waals surface area contributed by atoms with Gasteiger partial charge in [0.05, 0.1) is 12.7 Å². The second kappa shape index (κ2) is 8.51. The lowest BCUT2D eigenvalue weighted by molar-refractivity contribution is 0.252. The number of carbonyl (C=O) groups is 1. The van der Waals surface area contributed by atoms with E-state index in [1.165, 1.54) is 11.6 Å². The van der Waals surface area contributed by atoms with Crippen molar-refractivity contribution in [3.8, 4) is 0 Å². The van der Waals surface area contributed by atoms with Gasteiger partial charge in [0.1, 0.15) is 11.6 Å². The third-order valence-corrected chi connectivity index (χ3v) is 4.25. The SMILES string of the molecule is Cc1cccc(Cn2ncc(C)c2NC(=O)NCCc2cc(=O)[nH]c(C)n2)c1. The fourth-order valence-corrected chi connectivity index (χ4v) is 2.97. The molecule has 0 atom stereocenters. The standard InChI is InChI=1S/C20H24N6O2/c1-13-5-4-6-16(9-13)12-26-19(14(2)11-22-26)25-20(28)21-8-7-17-10-18(27)24-15(3)23-17/h4-6,9-11H,7-8,12H2,1-3H3,(H2,21,25,28)(H,23,24,27). The highest BCUT2D eigenvalue weighted by Crippen LogP contribution is 2.16. The van der Waals surface area contributed by atoms with Gasteiger partial charge in [0.25, 0.3) is 5.56 Å². The molecule has 0 radical (unpaired) electrons. The summed E-state index contributed by atoms with van der Waals surface area (Å²) in [6.07, 6.45) is 2.20. The monoisotopic (exact) mass is 380 g/mol. The summed E-state index contributed by atoms with van der Waals surface area (Å²) in [7, 11) is 0. The number of rotatable bonds is 6. The molecule has 1 aromatic carbocycles. The highest BCUT2D eigenvalue weighted by atomic mass is 16.2. The molecule has 0 unspecified atom stereocenters. The summed E-state index contributed by atoms with van der Waals surface area (Å²) in [5.74, 6) is 1.21. The fraction of sp³-hybridized carbons (Fsp3) is 0.300. The lowest BCUT2D eigenvalue weighted by Gasteiger charge is -2.12. The molecular formula is C20H24N6O2.